The molecule has 2 N–H and O–H groups in total. The van der Waals surface area contributed by atoms with E-state index in [1.165, 1.54) is 0 Å². The number of aryl methyl sites for hydroxylation is 1. The van der Waals surface area contributed by atoms with Crippen molar-refractivity contribution >= 4 is 22.6 Å². The Kier molecular flexibility index (Phi) is 4.63. The molecular weight excluding hydrogens is 256 g/mol. The number of fused-ring (bicyclic) bond motifs is 1. The summed E-state index contributed by atoms with van der Waals surface area (Å²) >= 11 is 0. The molecule has 0 aliphatic heterocycles. The highest BCUT2D eigenvalue weighted by atomic mass is 16.5. The van der Waals surface area contributed by atoms with E-state index in [4.69, 9.17) is 15.2 Å². The lowest BCUT2D eigenvalue weighted by molar-refractivity contribution is 0.0515. The fraction of sp³-hybridized carbons (Fsp3) is 0.400. The van der Waals surface area contributed by atoms with Crippen molar-refractivity contribution < 1.29 is 14.3 Å². The van der Waals surface area contributed by atoms with Crippen LogP contribution in [-0.2, 0) is 16.0 Å². The van der Waals surface area contributed by atoms with Gasteiger partial charge in [-0.2, -0.15) is 0 Å². The lowest BCUT2D eigenvalue weighted by Gasteiger charge is -2.10. The lowest BCUT2D eigenvalue weighted by atomic mass is 10.2. The molecule has 2 rings (SSSR count). The average Bonchev–Trinajstić information content (AvgIpc) is 2.73. The number of methoxy groups -OCH3 is 1. The van der Waals surface area contributed by atoms with Crippen molar-refractivity contribution in [1.82, 2.24) is 4.57 Å². The van der Waals surface area contributed by atoms with Crippen molar-refractivity contribution in [2.24, 2.45) is 0 Å². The molecule has 5 nitrogen and oxygen atoms in total. The van der Waals surface area contributed by atoms with Crippen LogP contribution in [0.15, 0.2) is 24.3 Å². The molecular formula is C15H20N2O3. The maximum absolute atomic E-state index is 12.1. The highest BCUT2D eigenvalue weighted by molar-refractivity contribution is 6.06. The van der Waals surface area contributed by atoms with Gasteiger partial charge in [-0.15, -0.1) is 0 Å². The number of rotatable bonds is 6. The Morgan fingerprint density at radius 1 is 1.35 bits per heavy atom. The van der Waals surface area contributed by atoms with Crippen LogP contribution >= 0.6 is 0 Å². The minimum Gasteiger partial charge on any atom is -0.461 e. The Labute approximate surface area is 118 Å². The molecule has 0 spiro atoms. The minimum absolute atomic E-state index is 0.331. The van der Waals surface area contributed by atoms with Gasteiger partial charge in [0.1, 0.15) is 0 Å². The molecule has 0 aliphatic rings. The molecule has 0 saturated heterocycles. The summed E-state index contributed by atoms with van der Waals surface area (Å²) < 4.78 is 12.1. The van der Waals surface area contributed by atoms with E-state index in [-0.39, 0.29) is 5.97 Å². The molecule has 1 heterocycles. The second kappa shape index (κ2) is 6.43. The number of carbonyl (C=O) groups excluding carboxylic acids is 1. The number of aromatic nitrogens is 1. The number of ether oxygens (including phenoxy) is 2. The molecule has 0 fully saturated rings. The third-order valence-electron chi connectivity index (χ3n) is 3.21. The standard InChI is InChI=1S/C15H20N2O3/c1-3-20-15(18)14-13(16)11-7-4-5-8-12(11)17(14)9-6-10-19-2/h4-5,7-8H,3,6,9-10,16H2,1-2H3. The van der Waals surface area contributed by atoms with Crippen LogP contribution in [0.25, 0.3) is 10.9 Å². The third-order valence-corrected chi connectivity index (χ3v) is 3.21. The summed E-state index contributed by atoms with van der Waals surface area (Å²) in [5.74, 6) is -0.376. The molecule has 0 aliphatic carbocycles. The SMILES string of the molecule is CCOC(=O)c1c(N)c2ccccc2n1CCCOC. The predicted octanol–water partition coefficient (Wildman–Crippen LogP) is 2.44. The molecule has 0 unspecified atom stereocenters. The average molecular weight is 276 g/mol. The Bertz CT molecular complexity index is 604. The van der Waals surface area contributed by atoms with Gasteiger partial charge in [-0.25, -0.2) is 4.79 Å². The Hall–Kier alpha value is -2.01. The van der Waals surface area contributed by atoms with Gasteiger partial charge >= 0.3 is 5.97 Å². The first-order chi connectivity index (χ1) is 9.70. The molecule has 0 radical (unpaired) electrons. The van der Waals surface area contributed by atoms with E-state index in [1.807, 2.05) is 28.8 Å². The topological polar surface area (TPSA) is 66.5 Å². The van der Waals surface area contributed by atoms with Gasteiger partial charge < -0.3 is 19.8 Å². The van der Waals surface area contributed by atoms with Crippen molar-refractivity contribution in [2.45, 2.75) is 19.9 Å². The number of anilines is 1. The highest BCUT2D eigenvalue weighted by Crippen LogP contribution is 2.29. The van der Waals surface area contributed by atoms with Crippen molar-refractivity contribution in [3.63, 3.8) is 0 Å². The van der Waals surface area contributed by atoms with Crippen molar-refractivity contribution in [2.75, 3.05) is 26.1 Å². The Morgan fingerprint density at radius 3 is 2.80 bits per heavy atom. The smallest absolute Gasteiger partial charge is 0.357 e. The van der Waals surface area contributed by atoms with Gasteiger partial charge in [0.15, 0.2) is 5.69 Å². The number of hydrogen-bond acceptors (Lipinski definition) is 4. The first-order valence-electron chi connectivity index (χ1n) is 6.73. The molecule has 20 heavy (non-hydrogen) atoms. The van der Waals surface area contributed by atoms with Crippen LogP contribution < -0.4 is 5.73 Å². The Morgan fingerprint density at radius 2 is 2.10 bits per heavy atom. The minimum atomic E-state index is -0.376. The van der Waals surface area contributed by atoms with Crippen LogP contribution in [0.4, 0.5) is 5.69 Å². The van der Waals surface area contributed by atoms with Gasteiger partial charge in [-0.05, 0) is 19.4 Å². The van der Waals surface area contributed by atoms with Crippen molar-refractivity contribution in [3.8, 4) is 0 Å². The zero-order valence-corrected chi connectivity index (χ0v) is 11.9. The van der Waals surface area contributed by atoms with E-state index in [0.717, 1.165) is 17.3 Å². The lowest BCUT2D eigenvalue weighted by Crippen LogP contribution is -2.14. The summed E-state index contributed by atoms with van der Waals surface area (Å²) in [6.45, 7) is 3.41. The maximum Gasteiger partial charge on any atom is 0.357 e. The van der Waals surface area contributed by atoms with E-state index in [2.05, 4.69) is 0 Å². The normalized spacial score (nSPS) is 10.9. The third kappa shape index (κ3) is 2.63. The first-order valence-corrected chi connectivity index (χ1v) is 6.73. The molecule has 108 valence electrons. The van der Waals surface area contributed by atoms with E-state index < -0.39 is 0 Å². The second-order valence-electron chi connectivity index (χ2n) is 4.50. The van der Waals surface area contributed by atoms with Crippen LogP contribution in [0.5, 0.6) is 0 Å². The fourth-order valence-electron chi connectivity index (χ4n) is 2.35. The first kappa shape index (κ1) is 14.4. The zero-order valence-electron chi connectivity index (χ0n) is 11.9. The zero-order chi connectivity index (χ0) is 14.5. The monoisotopic (exact) mass is 276 g/mol. The molecule has 0 atom stereocenters. The van der Waals surface area contributed by atoms with Crippen LogP contribution in [-0.4, -0.2) is 30.9 Å². The molecule has 5 heteroatoms. The number of benzene rings is 1. The van der Waals surface area contributed by atoms with Crippen LogP contribution in [0, 0.1) is 0 Å². The second-order valence-corrected chi connectivity index (χ2v) is 4.50. The van der Waals surface area contributed by atoms with Gasteiger partial charge in [-0.1, -0.05) is 18.2 Å². The molecule has 1 aromatic heterocycles. The summed E-state index contributed by atoms with van der Waals surface area (Å²) in [5.41, 5.74) is 7.99. The van der Waals surface area contributed by atoms with E-state index in [9.17, 15) is 4.79 Å². The molecule has 1 aromatic carbocycles. The van der Waals surface area contributed by atoms with Gasteiger partial charge in [-0.3, -0.25) is 0 Å². The van der Waals surface area contributed by atoms with E-state index in [1.54, 1.807) is 14.0 Å². The van der Waals surface area contributed by atoms with Crippen LogP contribution in [0.2, 0.25) is 0 Å². The number of hydrogen-bond donors (Lipinski definition) is 1. The molecule has 0 amide bonds. The number of nitrogens with zero attached hydrogens (tertiary/aromatic N) is 1. The number of esters is 1. The fourth-order valence-corrected chi connectivity index (χ4v) is 2.35. The van der Waals surface area contributed by atoms with Gasteiger partial charge in [0.25, 0.3) is 0 Å². The number of nitrogen functional groups attached to an aromatic ring is 1. The van der Waals surface area contributed by atoms with E-state index >= 15 is 0 Å². The molecule has 2 aromatic rings. The number of carbonyl (C=O) groups is 1. The quantitative estimate of drug-likeness (QED) is 0.650. The highest BCUT2D eigenvalue weighted by Gasteiger charge is 2.21. The Balaban J connectivity index is 2.49. The van der Waals surface area contributed by atoms with Crippen molar-refractivity contribution in [3.05, 3.63) is 30.0 Å². The number of para-hydroxylation sites is 1. The molecule has 0 bridgehead atoms. The van der Waals surface area contributed by atoms with E-state index in [0.29, 0.717) is 31.1 Å². The van der Waals surface area contributed by atoms with Gasteiger partial charge in [0, 0.05) is 25.6 Å². The molecule has 0 saturated carbocycles. The summed E-state index contributed by atoms with van der Waals surface area (Å²) in [7, 11) is 1.66. The predicted molar refractivity (Wildman–Crippen MR) is 78.8 cm³/mol. The van der Waals surface area contributed by atoms with Gasteiger partial charge in [0.05, 0.1) is 17.8 Å². The van der Waals surface area contributed by atoms with Crippen molar-refractivity contribution in [1.29, 1.82) is 0 Å². The van der Waals surface area contributed by atoms with Gasteiger partial charge in [0.2, 0.25) is 0 Å². The van der Waals surface area contributed by atoms with Crippen LogP contribution in [0.1, 0.15) is 23.8 Å². The summed E-state index contributed by atoms with van der Waals surface area (Å²) in [4.78, 5) is 12.1. The summed E-state index contributed by atoms with van der Waals surface area (Å²) in [6, 6.07) is 7.72. The number of nitrogens with two attached hydrogens (primary N) is 1. The van der Waals surface area contributed by atoms with Crippen LogP contribution in [0.3, 0.4) is 0 Å². The largest absolute Gasteiger partial charge is 0.461 e. The summed E-state index contributed by atoms with van der Waals surface area (Å²) in [6.07, 6.45) is 0.807. The maximum atomic E-state index is 12.1. The summed E-state index contributed by atoms with van der Waals surface area (Å²) in [5, 5.41) is 0.882.